The fourth-order valence-corrected chi connectivity index (χ4v) is 5.52. The number of nitrogens with zero attached hydrogens (tertiary/aromatic N) is 1. The summed E-state index contributed by atoms with van der Waals surface area (Å²) in [4.78, 5) is 26.0. The van der Waals surface area contributed by atoms with Gasteiger partial charge in [-0.25, -0.2) is 9.59 Å². The van der Waals surface area contributed by atoms with Crippen LogP contribution in [-0.2, 0) is 27.4 Å². The van der Waals surface area contributed by atoms with E-state index < -0.39 is 11.9 Å². The lowest BCUT2D eigenvalue weighted by molar-refractivity contribution is -0.145. The first-order valence-corrected chi connectivity index (χ1v) is 15.3. The predicted octanol–water partition coefficient (Wildman–Crippen LogP) is 6.79. The molecule has 0 N–H and O–H groups in total. The number of methoxy groups -OCH3 is 1. The van der Waals surface area contributed by atoms with Crippen LogP contribution >= 0.6 is 0 Å². The average Bonchev–Trinajstić information content (AvgIpc) is 3.69. The molecule has 0 bridgehead atoms. The Balaban J connectivity index is 1.50. The van der Waals surface area contributed by atoms with Gasteiger partial charge in [0.25, 0.3) is 0 Å². The van der Waals surface area contributed by atoms with E-state index in [9.17, 15) is 9.59 Å². The van der Waals surface area contributed by atoms with E-state index in [2.05, 4.69) is 0 Å². The van der Waals surface area contributed by atoms with Crippen molar-refractivity contribution in [3.8, 4) is 39.9 Å². The second-order valence-corrected chi connectivity index (χ2v) is 10.6. The molecule has 47 heavy (non-hydrogen) atoms. The first-order valence-electron chi connectivity index (χ1n) is 15.3. The monoisotopic (exact) mass is 637 g/mol. The minimum absolute atomic E-state index is 0.120. The third-order valence-corrected chi connectivity index (χ3v) is 7.67. The first kappa shape index (κ1) is 31.3. The van der Waals surface area contributed by atoms with Gasteiger partial charge in [-0.1, -0.05) is 36.4 Å². The molecule has 6 rings (SSSR count). The number of hydrogen-bond donors (Lipinski definition) is 0. The largest absolute Gasteiger partial charge is 0.497 e. The van der Waals surface area contributed by atoms with E-state index >= 15 is 0 Å². The Bertz CT molecular complexity index is 1900. The summed E-state index contributed by atoms with van der Waals surface area (Å²) in [7, 11) is 1.55. The molecule has 1 aliphatic heterocycles. The van der Waals surface area contributed by atoms with Crippen LogP contribution in [-0.4, -0.2) is 50.2 Å². The quantitative estimate of drug-likeness (QED) is 0.129. The number of ether oxygens (including phenoxy) is 7. The van der Waals surface area contributed by atoms with Crippen molar-refractivity contribution in [1.82, 2.24) is 4.57 Å². The van der Waals surface area contributed by atoms with E-state index in [1.165, 1.54) is 0 Å². The summed E-state index contributed by atoms with van der Waals surface area (Å²) in [6, 6.07) is 26.6. The minimum Gasteiger partial charge on any atom is -0.497 e. The molecule has 1 aromatic heterocycles. The number of carbonyl (C=O) groups is 2. The summed E-state index contributed by atoms with van der Waals surface area (Å²) in [6.45, 7) is 4.36. The maximum atomic E-state index is 13.9. The molecule has 0 amide bonds. The Morgan fingerprint density at radius 1 is 0.809 bits per heavy atom. The van der Waals surface area contributed by atoms with Gasteiger partial charge in [0.15, 0.2) is 18.1 Å². The average molecular weight is 638 g/mol. The molecule has 0 saturated carbocycles. The Labute approximate surface area is 272 Å². The Kier molecular flexibility index (Phi) is 9.47. The van der Waals surface area contributed by atoms with Gasteiger partial charge in [0, 0.05) is 28.1 Å². The summed E-state index contributed by atoms with van der Waals surface area (Å²) in [5, 5.41) is 0.778. The van der Waals surface area contributed by atoms with Crippen molar-refractivity contribution >= 4 is 22.8 Å². The van der Waals surface area contributed by atoms with E-state index in [1.54, 1.807) is 33.1 Å². The first-order chi connectivity index (χ1) is 23.0. The van der Waals surface area contributed by atoms with Crippen LogP contribution in [0.4, 0.5) is 0 Å². The van der Waals surface area contributed by atoms with Gasteiger partial charge in [-0.05, 0) is 67.4 Å². The zero-order valence-electron chi connectivity index (χ0n) is 26.4. The van der Waals surface area contributed by atoms with Crippen LogP contribution in [0.5, 0.6) is 28.7 Å². The Hall–Kier alpha value is -5.64. The van der Waals surface area contributed by atoms with Crippen molar-refractivity contribution in [1.29, 1.82) is 0 Å². The number of carbonyl (C=O) groups excluding carboxylic acids is 2. The van der Waals surface area contributed by atoms with Gasteiger partial charge in [0.05, 0.1) is 26.9 Å². The third-order valence-electron chi connectivity index (χ3n) is 7.67. The van der Waals surface area contributed by atoms with Gasteiger partial charge in [0.2, 0.25) is 6.79 Å². The molecule has 1 aliphatic rings. The molecule has 0 saturated heterocycles. The predicted molar refractivity (Wildman–Crippen MR) is 174 cm³/mol. The molecule has 0 atom stereocenters. The molecule has 2 heterocycles. The molecule has 10 heteroatoms. The topological polar surface area (TPSA) is 104 Å². The van der Waals surface area contributed by atoms with Crippen molar-refractivity contribution in [2.45, 2.75) is 27.0 Å². The van der Waals surface area contributed by atoms with E-state index in [0.717, 1.165) is 22.0 Å². The van der Waals surface area contributed by atoms with Gasteiger partial charge >= 0.3 is 11.9 Å². The van der Waals surface area contributed by atoms with Gasteiger partial charge < -0.3 is 37.7 Å². The van der Waals surface area contributed by atoms with E-state index in [4.69, 9.17) is 33.2 Å². The lowest BCUT2D eigenvalue weighted by atomic mass is 10.0. The van der Waals surface area contributed by atoms with Gasteiger partial charge in [-0.3, -0.25) is 0 Å². The van der Waals surface area contributed by atoms with Crippen molar-refractivity contribution in [3.63, 3.8) is 0 Å². The molecule has 0 radical (unpaired) electrons. The zero-order chi connectivity index (χ0) is 32.8. The summed E-state index contributed by atoms with van der Waals surface area (Å²) in [6.07, 6.45) is 0. The Morgan fingerprint density at radius 2 is 1.60 bits per heavy atom. The van der Waals surface area contributed by atoms with Crippen LogP contribution < -0.4 is 23.7 Å². The molecule has 5 aromatic rings. The highest BCUT2D eigenvalue weighted by atomic mass is 16.7. The molecular formula is C37H35NO9. The highest BCUT2D eigenvalue weighted by Crippen LogP contribution is 2.43. The number of hydrogen-bond acceptors (Lipinski definition) is 9. The van der Waals surface area contributed by atoms with Crippen molar-refractivity contribution in [2.75, 3.05) is 33.7 Å². The van der Waals surface area contributed by atoms with Crippen LogP contribution in [0.3, 0.4) is 0 Å². The van der Waals surface area contributed by atoms with Crippen LogP contribution in [0.15, 0.2) is 84.9 Å². The van der Waals surface area contributed by atoms with Gasteiger partial charge in [-0.15, -0.1) is 0 Å². The van der Waals surface area contributed by atoms with E-state index in [0.29, 0.717) is 52.2 Å². The fourth-order valence-electron chi connectivity index (χ4n) is 5.52. The molecular weight excluding hydrogens is 602 g/mol. The van der Waals surface area contributed by atoms with Crippen molar-refractivity contribution in [3.05, 3.63) is 102 Å². The van der Waals surface area contributed by atoms with E-state index in [1.807, 2.05) is 77.4 Å². The molecule has 0 unspecified atom stereocenters. The number of rotatable bonds is 13. The fraction of sp³-hybridized carbons (Fsp3) is 0.243. The highest BCUT2D eigenvalue weighted by Gasteiger charge is 2.28. The van der Waals surface area contributed by atoms with Crippen LogP contribution in [0.2, 0.25) is 0 Å². The summed E-state index contributed by atoms with van der Waals surface area (Å²) in [5.74, 6) is 1.83. The minimum atomic E-state index is -0.495. The van der Waals surface area contributed by atoms with Gasteiger partial charge in [0.1, 0.15) is 29.5 Å². The van der Waals surface area contributed by atoms with Crippen molar-refractivity contribution in [2.24, 2.45) is 0 Å². The second-order valence-electron chi connectivity index (χ2n) is 10.6. The smallest absolute Gasteiger partial charge is 0.355 e. The van der Waals surface area contributed by atoms with Gasteiger partial charge in [-0.2, -0.15) is 0 Å². The molecule has 242 valence electrons. The third kappa shape index (κ3) is 6.81. The summed E-state index contributed by atoms with van der Waals surface area (Å²) >= 11 is 0. The molecule has 0 aliphatic carbocycles. The molecule has 0 fully saturated rings. The maximum absolute atomic E-state index is 13.9. The SMILES string of the molecule is CCOC(=O)COc1cc(OC)ccc1Cn1c(C(=O)OCC)c(-c2ccc3c(c2)OCO3)c2cc(OCc3ccccc3)ccc21. The van der Waals surface area contributed by atoms with Crippen LogP contribution in [0.1, 0.15) is 35.5 Å². The van der Waals surface area contributed by atoms with Crippen LogP contribution in [0, 0.1) is 0 Å². The van der Waals surface area contributed by atoms with E-state index in [-0.39, 0.29) is 33.2 Å². The Morgan fingerprint density at radius 3 is 2.38 bits per heavy atom. The van der Waals surface area contributed by atoms with Crippen LogP contribution in [0.25, 0.3) is 22.0 Å². The number of fused-ring (bicyclic) bond motifs is 2. The molecule has 0 spiro atoms. The lowest BCUT2D eigenvalue weighted by Crippen LogP contribution is -2.17. The normalized spacial score (nSPS) is 11.7. The summed E-state index contributed by atoms with van der Waals surface area (Å²) < 4.78 is 41.4. The molecule has 4 aromatic carbocycles. The molecule has 10 nitrogen and oxygen atoms in total. The maximum Gasteiger partial charge on any atom is 0.355 e. The highest BCUT2D eigenvalue weighted by molar-refractivity contribution is 6.09. The zero-order valence-corrected chi connectivity index (χ0v) is 26.4. The standard InChI is InChI=1S/C37H35NO9/c1-4-42-34(39)22-45-32-19-27(41-3)13-11-26(32)20-38-30-15-14-28(44-21-24-9-7-6-8-10-24)18-29(30)35(36(38)37(40)43-5-2)25-12-16-31-33(17-25)47-23-46-31/h6-19H,4-5,20-23H2,1-3H3. The van der Waals surface area contributed by atoms with Crippen molar-refractivity contribution < 1.29 is 42.7 Å². The number of aromatic nitrogens is 1. The number of benzene rings is 4. The summed E-state index contributed by atoms with van der Waals surface area (Å²) in [5.41, 5.74) is 4.25. The second kappa shape index (κ2) is 14.2. The lowest BCUT2D eigenvalue weighted by Gasteiger charge is -2.16. The number of esters is 2.